The first-order chi connectivity index (χ1) is 14.3. The van der Waals surface area contributed by atoms with Crippen LogP contribution in [0.4, 0.5) is 4.39 Å². The molecule has 3 rings (SSSR count). The molecule has 30 heavy (non-hydrogen) atoms. The Morgan fingerprint density at radius 3 is 2.57 bits per heavy atom. The van der Waals surface area contributed by atoms with Crippen LogP contribution in [0.5, 0.6) is 0 Å². The van der Waals surface area contributed by atoms with Crippen LogP contribution in [0.2, 0.25) is 0 Å². The van der Waals surface area contributed by atoms with Gasteiger partial charge in [0.1, 0.15) is 17.4 Å². The molecule has 1 aromatic carbocycles. The number of aryl methyl sites for hydroxylation is 2. The number of nitrogens with one attached hydrogen (secondary N) is 1. The number of carbonyl (C=O) groups is 3. The Kier molecular flexibility index (Phi) is 6.41. The second-order valence-corrected chi connectivity index (χ2v) is 7.49. The summed E-state index contributed by atoms with van der Waals surface area (Å²) in [7, 11) is 0. The minimum atomic E-state index is -0.765. The highest BCUT2D eigenvalue weighted by atomic mass is 19.1. The first-order valence-electron chi connectivity index (χ1n) is 9.83. The van der Waals surface area contributed by atoms with Gasteiger partial charge in [-0.15, -0.1) is 5.92 Å². The second-order valence-electron chi connectivity index (χ2n) is 7.49. The Balaban J connectivity index is 1.68. The first kappa shape index (κ1) is 21.4. The highest BCUT2D eigenvalue weighted by Crippen LogP contribution is 2.37. The van der Waals surface area contributed by atoms with Crippen LogP contribution in [-0.4, -0.2) is 29.0 Å². The van der Waals surface area contributed by atoms with Crippen molar-refractivity contribution in [3.05, 3.63) is 64.2 Å². The molecule has 1 heterocycles. The summed E-state index contributed by atoms with van der Waals surface area (Å²) in [6.07, 6.45) is 0.507. The summed E-state index contributed by atoms with van der Waals surface area (Å²) < 4.78 is 13.1. The van der Waals surface area contributed by atoms with E-state index in [0.717, 1.165) is 28.3 Å². The molecule has 1 aliphatic carbocycles. The summed E-state index contributed by atoms with van der Waals surface area (Å²) in [5, 5.41) is 2.64. The first-order valence-corrected chi connectivity index (χ1v) is 9.83. The number of Topliss-reactive ketones (excluding diaryl/α,β-unsaturated/α-hetero) is 2. The summed E-state index contributed by atoms with van der Waals surface area (Å²) in [6, 6.07) is 7.78. The van der Waals surface area contributed by atoms with Gasteiger partial charge in [0, 0.05) is 24.4 Å². The Bertz CT molecular complexity index is 1060. The summed E-state index contributed by atoms with van der Waals surface area (Å²) in [5.74, 6) is 3.20. The molecule has 2 atom stereocenters. The standard InChI is InChI=1S/C24H23FN2O3/c1-4-6-16-11-14(2)21(15(3)12-16)22-19(28)13-17(23(22)29)9-10-26-24(30)18-7-5-8-20(25)27-18/h5,7-8,11-12,17,22H,9-10,13H2,1-3H3,(H,26,30). The van der Waals surface area contributed by atoms with E-state index in [2.05, 4.69) is 22.1 Å². The number of benzene rings is 1. The lowest BCUT2D eigenvalue weighted by atomic mass is 9.86. The molecular formula is C24H23FN2O3. The number of halogens is 1. The van der Waals surface area contributed by atoms with Crippen molar-refractivity contribution in [1.82, 2.24) is 10.3 Å². The number of aromatic nitrogens is 1. The molecule has 1 fully saturated rings. The quantitative estimate of drug-likeness (QED) is 0.470. The lowest BCUT2D eigenvalue weighted by Crippen LogP contribution is -2.28. The maximum atomic E-state index is 13.1. The van der Waals surface area contributed by atoms with Crippen LogP contribution in [0.1, 0.15) is 58.4 Å². The van der Waals surface area contributed by atoms with Crippen LogP contribution < -0.4 is 5.32 Å². The Hall–Kier alpha value is -3.33. The van der Waals surface area contributed by atoms with Crippen LogP contribution >= 0.6 is 0 Å². The van der Waals surface area contributed by atoms with Gasteiger partial charge in [0.2, 0.25) is 5.95 Å². The second kappa shape index (κ2) is 9.00. The van der Waals surface area contributed by atoms with Gasteiger partial charge in [-0.1, -0.05) is 12.0 Å². The van der Waals surface area contributed by atoms with Crippen molar-refractivity contribution < 1.29 is 18.8 Å². The normalized spacial score (nSPS) is 18.1. The molecule has 0 aliphatic heterocycles. The summed E-state index contributed by atoms with van der Waals surface area (Å²) in [4.78, 5) is 41.3. The molecule has 2 aromatic rings. The van der Waals surface area contributed by atoms with Crippen molar-refractivity contribution in [2.45, 2.75) is 39.5 Å². The van der Waals surface area contributed by atoms with Gasteiger partial charge in [-0.3, -0.25) is 14.4 Å². The largest absolute Gasteiger partial charge is 0.351 e. The molecule has 0 radical (unpaired) electrons. The van der Waals surface area contributed by atoms with Gasteiger partial charge in [-0.25, -0.2) is 4.98 Å². The summed E-state index contributed by atoms with van der Waals surface area (Å²) in [6.45, 7) is 5.75. The molecule has 154 valence electrons. The molecule has 1 amide bonds. The average molecular weight is 406 g/mol. The number of hydrogen-bond acceptors (Lipinski definition) is 4. The average Bonchev–Trinajstić information content (AvgIpc) is 2.95. The van der Waals surface area contributed by atoms with Gasteiger partial charge in [0.05, 0.1) is 0 Å². The predicted molar refractivity (Wildman–Crippen MR) is 110 cm³/mol. The number of hydrogen-bond donors (Lipinski definition) is 1. The van der Waals surface area contributed by atoms with Crippen LogP contribution in [-0.2, 0) is 9.59 Å². The fraction of sp³-hybridized carbons (Fsp3) is 0.333. The SMILES string of the molecule is CC#Cc1cc(C)c(C2C(=O)CC(CCNC(=O)c3cccc(F)n3)C2=O)c(C)c1. The van der Waals surface area contributed by atoms with E-state index in [0.29, 0.717) is 6.42 Å². The number of rotatable bonds is 5. The molecule has 6 heteroatoms. The van der Waals surface area contributed by atoms with E-state index in [9.17, 15) is 18.8 Å². The van der Waals surface area contributed by atoms with Crippen molar-refractivity contribution in [3.8, 4) is 11.8 Å². The third-order valence-corrected chi connectivity index (χ3v) is 5.33. The minimum Gasteiger partial charge on any atom is -0.351 e. The van der Waals surface area contributed by atoms with Crippen molar-refractivity contribution in [1.29, 1.82) is 0 Å². The van der Waals surface area contributed by atoms with E-state index in [1.807, 2.05) is 26.0 Å². The topological polar surface area (TPSA) is 76.1 Å². The van der Waals surface area contributed by atoms with Gasteiger partial charge in [0.25, 0.3) is 5.91 Å². The molecule has 1 N–H and O–H groups in total. The molecule has 5 nitrogen and oxygen atoms in total. The maximum Gasteiger partial charge on any atom is 0.269 e. The number of pyridine rings is 1. The molecule has 1 aliphatic rings. The molecule has 2 unspecified atom stereocenters. The van der Waals surface area contributed by atoms with E-state index in [-0.39, 0.29) is 30.2 Å². The van der Waals surface area contributed by atoms with E-state index in [4.69, 9.17) is 0 Å². The van der Waals surface area contributed by atoms with Gasteiger partial charge >= 0.3 is 0 Å². The van der Waals surface area contributed by atoms with E-state index in [1.54, 1.807) is 6.92 Å². The van der Waals surface area contributed by atoms with Gasteiger partial charge in [-0.2, -0.15) is 4.39 Å². The zero-order chi connectivity index (χ0) is 21.8. The number of ketones is 2. The van der Waals surface area contributed by atoms with Crippen molar-refractivity contribution in [3.63, 3.8) is 0 Å². The Morgan fingerprint density at radius 2 is 1.93 bits per heavy atom. The summed E-state index contributed by atoms with van der Waals surface area (Å²) >= 11 is 0. The number of nitrogens with zero attached hydrogens (tertiary/aromatic N) is 1. The zero-order valence-corrected chi connectivity index (χ0v) is 17.2. The van der Waals surface area contributed by atoms with Crippen LogP contribution in [0.15, 0.2) is 30.3 Å². The van der Waals surface area contributed by atoms with Crippen LogP contribution in [0.25, 0.3) is 0 Å². The zero-order valence-electron chi connectivity index (χ0n) is 17.2. The van der Waals surface area contributed by atoms with Crippen LogP contribution in [0, 0.1) is 37.6 Å². The minimum absolute atomic E-state index is 0.0248. The molecule has 1 aromatic heterocycles. The van der Waals surface area contributed by atoms with Crippen molar-refractivity contribution in [2.75, 3.05) is 6.54 Å². The molecule has 0 spiro atoms. The fourth-order valence-electron chi connectivity index (χ4n) is 4.03. The number of amides is 1. The monoisotopic (exact) mass is 406 g/mol. The third kappa shape index (κ3) is 4.46. The van der Waals surface area contributed by atoms with Crippen LogP contribution in [0.3, 0.4) is 0 Å². The summed E-state index contributed by atoms with van der Waals surface area (Å²) in [5.41, 5.74) is 3.36. The highest BCUT2D eigenvalue weighted by molar-refractivity contribution is 6.15. The smallest absolute Gasteiger partial charge is 0.269 e. The predicted octanol–water partition coefficient (Wildman–Crippen LogP) is 3.27. The molecule has 0 bridgehead atoms. The Labute approximate surface area is 175 Å². The van der Waals surface area contributed by atoms with E-state index < -0.39 is 23.7 Å². The van der Waals surface area contributed by atoms with Gasteiger partial charge in [0.15, 0.2) is 5.78 Å². The van der Waals surface area contributed by atoms with E-state index >= 15 is 0 Å². The van der Waals surface area contributed by atoms with E-state index in [1.165, 1.54) is 12.1 Å². The maximum absolute atomic E-state index is 13.1. The third-order valence-electron chi connectivity index (χ3n) is 5.33. The molecule has 1 saturated carbocycles. The number of carbonyl (C=O) groups excluding carboxylic acids is 3. The lowest BCUT2D eigenvalue weighted by molar-refractivity contribution is -0.124. The van der Waals surface area contributed by atoms with Crippen molar-refractivity contribution >= 4 is 17.5 Å². The van der Waals surface area contributed by atoms with Gasteiger partial charge < -0.3 is 5.32 Å². The van der Waals surface area contributed by atoms with Gasteiger partial charge in [-0.05, 0) is 68.1 Å². The highest BCUT2D eigenvalue weighted by Gasteiger charge is 2.42. The Morgan fingerprint density at radius 1 is 1.23 bits per heavy atom. The molecule has 0 saturated heterocycles. The molecular weight excluding hydrogens is 383 g/mol. The fourth-order valence-corrected chi connectivity index (χ4v) is 4.03. The van der Waals surface area contributed by atoms with Crippen molar-refractivity contribution in [2.24, 2.45) is 5.92 Å². The lowest BCUT2D eigenvalue weighted by Gasteiger charge is -2.16.